The van der Waals surface area contributed by atoms with E-state index >= 15 is 0 Å². The van der Waals surface area contributed by atoms with Gasteiger partial charge in [-0.2, -0.15) is 0 Å². The van der Waals surface area contributed by atoms with Gasteiger partial charge in [0.05, 0.1) is 24.6 Å². The summed E-state index contributed by atoms with van der Waals surface area (Å²) in [6.45, 7) is 1.65. The third kappa shape index (κ3) is 4.96. The van der Waals surface area contributed by atoms with Gasteiger partial charge in [-0.15, -0.1) is 0 Å². The molecule has 2 aromatic carbocycles. The number of rotatable bonds is 7. The van der Waals surface area contributed by atoms with E-state index < -0.39 is 5.91 Å². The molecular formula is C22H24N4O4. The number of aromatic nitrogens is 2. The molecule has 0 fully saturated rings. The Bertz CT molecular complexity index is 1090. The van der Waals surface area contributed by atoms with Gasteiger partial charge in [0.2, 0.25) is 5.91 Å². The molecule has 0 spiro atoms. The second kappa shape index (κ2) is 9.60. The van der Waals surface area contributed by atoms with Gasteiger partial charge < -0.3 is 14.0 Å². The summed E-state index contributed by atoms with van der Waals surface area (Å²) in [5, 5.41) is 0. The van der Waals surface area contributed by atoms with E-state index in [-0.39, 0.29) is 18.9 Å². The van der Waals surface area contributed by atoms with Crippen LogP contribution < -0.4 is 20.3 Å². The van der Waals surface area contributed by atoms with Crippen molar-refractivity contribution in [2.24, 2.45) is 7.05 Å². The number of methoxy groups -OCH3 is 1. The van der Waals surface area contributed by atoms with E-state index in [1.807, 2.05) is 67.1 Å². The van der Waals surface area contributed by atoms with Gasteiger partial charge in [0.15, 0.2) is 18.1 Å². The smallest absolute Gasteiger partial charge is 0.276 e. The number of hydrogen-bond acceptors (Lipinski definition) is 5. The molecule has 0 saturated heterocycles. The minimum Gasteiger partial charge on any atom is -0.493 e. The van der Waals surface area contributed by atoms with Crippen LogP contribution in [0.2, 0.25) is 0 Å². The molecule has 1 aromatic heterocycles. The second-order valence-electron chi connectivity index (χ2n) is 6.55. The van der Waals surface area contributed by atoms with Crippen molar-refractivity contribution in [3.63, 3.8) is 0 Å². The van der Waals surface area contributed by atoms with Crippen LogP contribution in [0.15, 0.2) is 48.5 Å². The van der Waals surface area contributed by atoms with Crippen LogP contribution in [0.1, 0.15) is 18.3 Å². The third-order valence-electron chi connectivity index (χ3n) is 4.45. The minimum absolute atomic E-state index is 0.0343. The number of ether oxygens (including phenoxy) is 2. The molecule has 0 unspecified atom stereocenters. The number of nitrogens with one attached hydrogen (secondary N) is 2. The highest BCUT2D eigenvalue weighted by Crippen LogP contribution is 2.28. The number of carbonyl (C=O) groups is 2. The molecule has 0 bridgehead atoms. The summed E-state index contributed by atoms with van der Waals surface area (Å²) in [6.07, 6.45) is 3.88. The van der Waals surface area contributed by atoms with Gasteiger partial charge in [0.1, 0.15) is 5.82 Å². The summed E-state index contributed by atoms with van der Waals surface area (Å²) in [7, 11) is 3.38. The lowest BCUT2D eigenvalue weighted by Crippen LogP contribution is -2.44. The molecule has 0 radical (unpaired) electrons. The number of imidazole rings is 1. The SMILES string of the molecule is C/C=C/c1ccc(OCC(=O)NNC(=O)Cc2nc3ccccc3n2C)c(OC)c1. The molecule has 3 rings (SSSR count). The van der Waals surface area contributed by atoms with Gasteiger partial charge in [-0.3, -0.25) is 20.4 Å². The number of benzene rings is 2. The van der Waals surface area contributed by atoms with Crippen LogP contribution in [0, 0.1) is 0 Å². The van der Waals surface area contributed by atoms with Gasteiger partial charge >= 0.3 is 0 Å². The van der Waals surface area contributed by atoms with Crippen molar-refractivity contribution in [3.8, 4) is 11.5 Å². The predicted octanol–water partition coefficient (Wildman–Crippen LogP) is 2.38. The van der Waals surface area contributed by atoms with E-state index in [4.69, 9.17) is 9.47 Å². The number of carbonyl (C=O) groups excluding carboxylic acids is 2. The average Bonchev–Trinajstić information content (AvgIpc) is 3.06. The molecule has 0 atom stereocenters. The molecule has 156 valence electrons. The van der Waals surface area contributed by atoms with Crippen LogP contribution in [0.25, 0.3) is 17.1 Å². The van der Waals surface area contributed by atoms with Gasteiger partial charge in [0.25, 0.3) is 5.91 Å². The van der Waals surface area contributed by atoms with Crippen LogP contribution >= 0.6 is 0 Å². The lowest BCUT2D eigenvalue weighted by Gasteiger charge is -2.12. The Kier molecular flexibility index (Phi) is 6.69. The number of para-hydroxylation sites is 2. The van der Waals surface area contributed by atoms with Crippen LogP contribution in [-0.4, -0.2) is 35.1 Å². The van der Waals surface area contributed by atoms with Crippen molar-refractivity contribution >= 4 is 28.9 Å². The average molecular weight is 408 g/mol. The van der Waals surface area contributed by atoms with E-state index in [2.05, 4.69) is 15.8 Å². The Morgan fingerprint density at radius 3 is 2.60 bits per heavy atom. The molecule has 30 heavy (non-hydrogen) atoms. The van der Waals surface area contributed by atoms with Crippen LogP contribution in [0.5, 0.6) is 11.5 Å². The van der Waals surface area contributed by atoms with Gasteiger partial charge in [-0.1, -0.05) is 30.4 Å². The number of hydrazine groups is 1. The highest BCUT2D eigenvalue weighted by molar-refractivity contribution is 5.84. The third-order valence-corrected chi connectivity index (χ3v) is 4.45. The lowest BCUT2D eigenvalue weighted by molar-refractivity contribution is -0.129. The molecule has 2 N–H and O–H groups in total. The Balaban J connectivity index is 1.50. The number of allylic oxidation sites excluding steroid dienone is 1. The molecule has 3 aromatic rings. The molecule has 0 saturated carbocycles. The van der Waals surface area contributed by atoms with Crippen molar-refractivity contribution in [1.29, 1.82) is 0 Å². The zero-order valence-electron chi connectivity index (χ0n) is 17.1. The first-order valence-electron chi connectivity index (χ1n) is 9.43. The van der Waals surface area contributed by atoms with Crippen LogP contribution in [-0.2, 0) is 23.1 Å². The Morgan fingerprint density at radius 2 is 1.87 bits per heavy atom. The number of nitrogens with zero attached hydrogens (tertiary/aromatic N) is 2. The number of fused-ring (bicyclic) bond motifs is 1. The van der Waals surface area contributed by atoms with Crippen molar-refractivity contribution in [1.82, 2.24) is 20.4 Å². The quantitative estimate of drug-likeness (QED) is 0.586. The summed E-state index contributed by atoms with van der Waals surface area (Å²) in [5.74, 6) is 0.685. The largest absolute Gasteiger partial charge is 0.493 e. The first-order chi connectivity index (χ1) is 14.5. The first-order valence-corrected chi connectivity index (χ1v) is 9.43. The van der Waals surface area contributed by atoms with E-state index in [1.165, 1.54) is 7.11 Å². The summed E-state index contributed by atoms with van der Waals surface area (Å²) in [5.41, 5.74) is 7.43. The number of hydrogen-bond donors (Lipinski definition) is 2. The maximum Gasteiger partial charge on any atom is 0.276 e. The van der Waals surface area contributed by atoms with Crippen molar-refractivity contribution < 1.29 is 19.1 Å². The Labute approximate surface area is 174 Å². The van der Waals surface area contributed by atoms with Gasteiger partial charge in [-0.05, 0) is 36.8 Å². The summed E-state index contributed by atoms with van der Waals surface area (Å²) >= 11 is 0. The monoisotopic (exact) mass is 408 g/mol. The lowest BCUT2D eigenvalue weighted by atomic mass is 10.2. The summed E-state index contributed by atoms with van der Waals surface area (Å²) in [4.78, 5) is 28.6. The highest BCUT2D eigenvalue weighted by atomic mass is 16.5. The van der Waals surface area contributed by atoms with Crippen LogP contribution in [0.3, 0.4) is 0 Å². The van der Waals surface area contributed by atoms with E-state index in [1.54, 1.807) is 6.07 Å². The fourth-order valence-electron chi connectivity index (χ4n) is 2.96. The van der Waals surface area contributed by atoms with Crippen molar-refractivity contribution in [2.75, 3.05) is 13.7 Å². The Hall–Kier alpha value is -3.81. The molecule has 0 aliphatic carbocycles. The second-order valence-corrected chi connectivity index (χ2v) is 6.55. The first kappa shape index (κ1) is 20.9. The minimum atomic E-state index is -0.493. The molecular weight excluding hydrogens is 384 g/mol. The maximum absolute atomic E-state index is 12.2. The summed E-state index contributed by atoms with van der Waals surface area (Å²) in [6, 6.07) is 13.0. The fourth-order valence-corrected chi connectivity index (χ4v) is 2.96. The normalized spacial score (nSPS) is 10.9. The van der Waals surface area contributed by atoms with Crippen molar-refractivity contribution in [2.45, 2.75) is 13.3 Å². The molecule has 8 nitrogen and oxygen atoms in total. The maximum atomic E-state index is 12.2. The predicted molar refractivity (Wildman–Crippen MR) is 114 cm³/mol. The standard InChI is InChI=1S/C22H24N4O4/c1-4-7-15-10-11-18(19(12-15)29-3)30-14-22(28)25-24-21(27)13-20-23-16-8-5-6-9-17(16)26(20)2/h4-12H,13-14H2,1-3H3,(H,24,27)(H,25,28)/b7-4+. The zero-order valence-corrected chi connectivity index (χ0v) is 17.1. The molecule has 8 heteroatoms. The van der Waals surface area contributed by atoms with E-state index in [0.717, 1.165) is 16.6 Å². The molecule has 2 amide bonds. The number of aryl methyl sites for hydroxylation is 1. The molecule has 0 aliphatic heterocycles. The summed E-state index contributed by atoms with van der Waals surface area (Å²) < 4.78 is 12.7. The van der Waals surface area contributed by atoms with Gasteiger partial charge in [-0.25, -0.2) is 4.98 Å². The Morgan fingerprint density at radius 1 is 1.10 bits per heavy atom. The van der Waals surface area contributed by atoms with Crippen LogP contribution in [0.4, 0.5) is 0 Å². The topological polar surface area (TPSA) is 94.5 Å². The molecule has 0 aliphatic rings. The molecule has 1 heterocycles. The van der Waals surface area contributed by atoms with Gasteiger partial charge in [0, 0.05) is 7.05 Å². The van der Waals surface area contributed by atoms with Crippen molar-refractivity contribution in [3.05, 3.63) is 59.9 Å². The fraction of sp³-hybridized carbons (Fsp3) is 0.227. The highest BCUT2D eigenvalue weighted by Gasteiger charge is 2.13. The number of amides is 2. The van der Waals surface area contributed by atoms with E-state index in [9.17, 15) is 9.59 Å². The van der Waals surface area contributed by atoms with E-state index in [0.29, 0.717) is 17.3 Å². The zero-order chi connectivity index (χ0) is 21.5.